The number of alkyl halides is 3. The average molecular weight is 664 g/mol. The van der Waals surface area contributed by atoms with Crippen LogP contribution in [0.4, 0.5) is 23.2 Å². The highest BCUT2D eigenvalue weighted by Gasteiger charge is 2.41. The maximum Gasteiger partial charge on any atom is 0.490 e. The summed E-state index contributed by atoms with van der Waals surface area (Å²) in [4.78, 5) is 18.3. The van der Waals surface area contributed by atoms with Gasteiger partial charge in [-0.1, -0.05) is 54.1 Å². The molecule has 0 spiro atoms. The van der Waals surface area contributed by atoms with E-state index < -0.39 is 42.2 Å². The van der Waals surface area contributed by atoms with Crippen LogP contribution >= 0.6 is 22.4 Å². The summed E-state index contributed by atoms with van der Waals surface area (Å²) in [5.74, 6) is -1.89. The standard InChI is InChI=1S/C31H26ClF4N3O5S/c32-26-14-23(9-10-27(26)42-17-21-7-4-8-22(33)13-21)38-28-25-11-12-45(44-24(16-40)18-43-30(41)31(34,35)36)29(25)39(19-37-28)15-20-5-2-1-3-6-20/h1-14,19,24,38,40H,15-18H2. The van der Waals surface area contributed by atoms with Crippen LogP contribution < -0.4 is 10.1 Å². The van der Waals surface area contributed by atoms with E-state index in [-0.39, 0.29) is 12.4 Å². The van der Waals surface area contributed by atoms with E-state index >= 15 is 0 Å². The summed E-state index contributed by atoms with van der Waals surface area (Å²) in [6, 6.07) is 20.6. The Morgan fingerprint density at radius 2 is 1.84 bits per heavy atom. The molecule has 0 aliphatic carbocycles. The first-order valence-electron chi connectivity index (χ1n) is 13.4. The van der Waals surface area contributed by atoms with Crippen molar-refractivity contribution in [3.8, 4) is 5.75 Å². The summed E-state index contributed by atoms with van der Waals surface area (Å²) in [6.07, 6.45) is -3.03. The molecule has 2 N–H and O–H groups in total. The second-order valence-electron chi connectivity index (χ2n) is 9.71. The monoisotopic (exact) mass is 663 g/mol. The first-order chi connectivity index (χ1) is 21.6. The number of carbonyl (C=O) groups excluding carboxylic acids is 1. The number of benzene rings is 3. The van der Waals surface area contributed by atoms with Crippen molar-refractivity contribution in [2.24, 2.45) is 4.99 Å². The number of aliphatic hydroxyl groups is 1. The molecule has 0 saturated carbocycles. The molecular formula is C31H26ClF4N3O5S. The van der Waals surface area contributed by atoms with E-state index in [1.54, 1.807) is 48.2 Å². The van der Waals surface area contributed by atoms with Crippen molar-refractivity contribution in [2.75, 3.05) is 18.5 Å². The summed E-state index contributed by atoms with van der Waals surface area (Å²) in [6.45, 7) is -0.945. The van der Waals surface area contributed by atoms with E-state index in [0.717, 1.165) is 5.56 Å². The van der Waals surface area contributed by atoms with Crippen LogP contribution in [0.15, 0.2) is 101 Å². The van der Waals surface area contributed by atoms with Gasteiger partial charge in [-0.2, -0.15) is 13.2 Å². The van der Waals surface area contributed by atoms with Gasteiger partial charge in [0.05, 0.1) is 18.0 Å². The molecule has 8 nitrogen and oxygen atoms in total. The second kappa shape index (κ2) is 14.3. The highest BCUT2D eigenvalue weighted by molar-refractivity contribution is 8.15. The van der Waals surface area contributed by atoms with Gasteiger partial charge in [0.15, 0.2) is 0 Å². The number of hydrogen-bond donors (Lipinski definition) is 2. The third-order valence-electron chi connectivity index (χ3n) is 6.37. The van der Waals surface area contributed by atoms with Gasteiger partial charge in [-0.3, -0.25) is 0 Å². The van der Waals surface area contributed by atoms with Crippen LogP contribution in [0.1, 0.15) is 11.1 Å². The Kier molecular flexibility index (Phi) is 10.2. The van der Waals surface area contributed by atoms with Crippen molar-refractivity contribution in [2.45, 2.75) is 25.4 Å². The molecule has 45 heavy (non-hydrogen) atoms. The lowest BCUT2D eigenvalue weighted by Crippen LogP contribution is -2.34. The number of esters is 1. The lowest BCUT2D eigenvalue weighted by molar-refractivity contribution is -0.201. The smallest absolute Gasteiger partial charge is 0.487 e. The van der Waals surface area contributed by atoms with Crippen LogP contribution in [0.5, 0.6) is 5.75 Å². The van der Waals surface area contributed by atoms with Crippen LogP contribution in [0, 0.1) is 5.82 Å². The average Bonchev–Trinajstić information content (AvgIpc) is 3.44. The molecule has 0 fully saturated rings. The number of fused-ring (bicyclic) bond motifs is 1. The SMILES string of the molecule is O=C(OCC(CO)OS1=C2C(=C(Nc3ccc(OCc4cccc(F)c4)c(Cl)c3)N=CN2Cc2ccccc2)C=C1)C(F)(F)F. The number of carbonyl (C=O) groups is 1. The summed E-state index contributed by atoms with van der Waals surface area (Å²) in [5, 5.41) is 15.0. The minimum absolute atomic E-state index is 0.122. The number of nitrogens with one attached hydrogen (secondary N) is 1. The van der Waals surface area contributed by atoms with Crippen molar-refractivity contribution in [1.82, 2.24) is 4.90 Å². The van der Waals surface area contributed by atoms with Gasteiger partial charge in [-0.25, -0.2) is 14.2 Å². The van der Waals surface area contributed by atoms with Gasteiger partial charge >= 0.3 is 12.1 Å². The van der Waals surface area contributed by atoms with Crippen LogP contribution in [0.2, 0.25) is 5.02 Å². The van der Waals surface area contributed by atoms with Crippen molar-refractivity contribution in [3.63, 3.8) is 0 Å². The van der Waals surface area contributed by atoms with Gasteiger partial charge in [0.2, 0.25) is 0 Å². The highest BCUT2D eigenvalue weighted by atomic mass is 35.5. The third kappa shape index (κ3) is 8.31. The molecule has 0 amide bonds. The van der Waals surface area contributed by atoms with E-state index in [2.05, 4.69) is 15.0 Å². The molecule has 3 aromatic rings. The Labute approximate surface area is 263 Å². The summed E-state index contributed by atoms with van der Waals surface area (Å²) in [5.41, 5.74) is 2.83. The first-order valence-corrected chi connectivity index (χ1v) is 15.0. The zero-order valence-corrected chi connectivity index (χ0v) is 24.9. The zero-order valence-electron chi connectivity index (χ0n) is 23.3. The normalized spacial score (nSPS) is 16.5. The Morgan fingerprint density at radius 3 is 2.56 bits per heavy atom. The molecule has 14 heteroatoms. The maximum atomic E-state index is 13.5. The Balaban J connectivity index is 1.36. The third-order valence-corrected chi connectivity index (χ3v) is 8.36. The predicted molar refractivity (Wildman–Crippen MR) is 164 cm³/mol. The maximum absolute atomic E-state index is 13.5. The van der Waals surface area contributed by atoms with E-state index in [4.69, 9.17) is 20.5 Å². The topological polar surface area (TPSA) is 92.6 Å². The molecule has 0 bridgehead atoms. The molecule has 2 heterocycles. The van der Waals surface area contributed by atoms with Gasteiger partial charge in [-0.05, 0) is 63.7 Å². The number of halogens is 5. The number of nitrogens with zero attached hydrogens (tertiary/aromatic N) is 2. The van der Waals surface area contributed by atoms with E-state index in [1.165, 1.54) is 12.1 Å². The molecule has 0 aromatic heterocycles. The fraction of sp³-hybridized carbons (Fsp3) is 0.194. The number of rotatable bonds is 12. The molecule has 5 rings (SSSR count). The largest absolute Gasteiger partial charge is 0.490 e. The minimum Gasteiger partial charge on any atom is -0.487 e. The molecular weight excluding hydrogens is 638 g/mol. The molecule has 236 valence electrons. The Hall–Kier alpha value is -4.17. The molecule has 0 radical (unpaired) electrons. The second-order valence-corrected chi connectivity index (χ2v) is 11.6. The van der Waals surface area contributed by atoms with Crippen molar-refractivity contribution < 1.29 is 41.1 Å². The van der Waals surface area contributed by atoms with Gasteiger partial charge < -0.3 is 29.0 Å². The van der Waals surface area contributed by atoms with Crippen molar-refractivity contribution >= 4 is 45.3 Å². The van der Waals surface area contributed by atoms with E-state index in [0.29, 0.717) is 45.0 Å². The number of ether oxygens (including phenoxy) is 2. The first kappa shape index (κ1) is 32.2. The molecule has 0 saturated heterocycles. The summed E-state index contributed by atoms with van der Waals surface area (Å²) >= 11 is 6.48. The Bertz CT molecular complexity index is 1680. The fourth-order valence-corrected chi connectivity index (χ4v) is 6.18. The van der Waals surface area contributed by atoms with Crippen LogP contribution in [0.25, 0.3) is 0 Å². The van der Waals surface area contributed by atoms with Crippen LogP contribution in [0.3, 0.4) is 0 Å². The summed E-state index contributed by atoms with van der Waals surface area (Å²) in [7, 11) is -1.16. The number of hydrogen-bond acceptors (Lipinski definition) is 8. The van der Waals surface area contributed by atoms with Crippen molar-refractivity contribution in [1.29, 1.82) is 0 Å². The number of aliphatic hydroxyl groups excluding tert-OH is 1. The van der Waals surface area contributed by atoms with Crippen LogP contribution in [-0.2, 0) is 26.9 Å². The van der Waals surface area contributed by atoms with E-state index in [1.807, 2.05) is 35.2 Å². The minimum atomic E-state index is -5.17. The number of anilines is 1. The summed E-state index contributed by atoms with van der Waals surface area (Å²) < 4.78 is 67.4. The van der Waals surface area contributed by atoms with E-state index in [9.17, 15) is 27.5 Å². The van der Waals surface area contributed by atoms with Gasteiger partial charge in [-0.15, -0.1) is 0 Å². The van der Waals surface area contributed by atoms with Crippen LogP contribution in [-0.4, -0.2) is 52.8 Å². The number of aliphatic imine (C=N–C) groups is 1. The molecule has 2 unspecified atom stereocenters. The Morgan fingerprint density at radius 1 is 1.07 bits per heavy atom. The lowest BCUT2D eigenvalue weighted by atomic mass is 10.1. The quantitative estimate of drug-likeness (QED) is 0.129. The fourth-order valence-electron chi connectivity index (χ4n) is 4.27. The predicted octanol–water partition coefficient (Wildman–Crippen LogP) is 6.55. The molecule has 2 atom stereocenters. The lowest BCUT2D eigenvalue weighted by Gasteiger charge is -2.29. The molecule has 2 aliphatic rings. The molecule has 3 aromatic carbocycles. The van der Waals surface area contributed by atoms with Gasteiger partial charge in [0.1, 0.15) is 41.7 Å². The van der Waals surface area contributed by atoms with Gasteiger partial charge in [0, 0.05) is 17.8 Å². The zero-order chi connectivity index (χ0) is 32.0. The van der Waals surface area contributed by atoms with Crippen molar-refractivity contribution in [3.05, 3.63) is 118 Å². The highest BCUT2D eigenvalue weighted by Crippen LogP contribution is 2.37. The van der Waals surface area contributed by atoms with Gasteiger partial charge in [0.25, 0.3) is 0 Å². The molecule has 2 aliphatic heterocycles.